The van der Waals surface area contributed by atoms with E-state index in [2.05, 4.69) is 42.5 Å². The Morgan fingerprint density at radius 1 is 1.03 bits per heavy atom. The van der Waals surface area contributed by atoms with Crippen LogP contribution in [0.25, 0.3) is 10.2 Å². The van der Waals surface area contributed by atoms with Crippen molar-refractivity contribution in [1.82, 2.24) is 4.98 Å². The minimum Gasteiger partial charge on any atom is -0.397 e. The highest BCUT2D eigenvalue weighted by Crippen LogP contribution is 2.40. The van der Waals surface area contributed by atoms with Gasteiger partial charge >= 0.3 is 0 Å². The molecule has 31 heavy (non-hydrogen) atoms. The summed E-state index contributed by atoms with van der Waals surface area (Å²) in [6.07, 6.45) is 3.93. The van der Waals surface area contributed by atoms with Crippen LogP contribution in [0.1, 0.15) is 44.4 Å². The lowest BCUT2D eigenvalue weighted by atomic mass is 9.82. The molecule has 0 fully saturated rings. The van der Waals surface area contributed by atoms with Gasteiger partial charge in [-0.1, -0.05) is 48.5 Å². The van der Waals surface area contributed by atoms with E-state index in [9.17, 15) is 4.79 Å². The summed E-state index contributed by atoms with van der Waals surface area (Å²) in [5, 5.41) is 0.924. The van der Waals surface area contributed by atoms with Crippen molar-refractivity contribution in [2.75, 3.05) is 17.2 Å². The summed E-state index contributed by atoms with van der Waals surface area (Å²) >= 11 is 1.44. The molecular weight excluding hydrogens is 402 g/mol. The van der Waals surface area contributed by atoms with Gasteiger partial charge in [0.2, 0.25) is 0 Å². The number of benzene rings is 2. The smallest absolute Gasteiger partial charge is 0.270 e. The van der Waals surface area contributed by atoms with Crippen molar-refractivity contribution >= 4 is 38.8 Å². The molecule has 4 nitrogen and oxygen atoms in total. The van der Waals surface area contributed by atoms with Crippen molar-refractivity contribution in [3.05, 3.63) is 87.9 Å². The van der Waals surface area contributed by atoms with E-state index in [1.807, 2.05) is 23.1 Å². The number of aryl methyl sites for hydroxylation is 1. The Balaban J connectivity index is 1.36. The van der Waals surface area contributed by atoms with E-state index in [1.54, 1.807) is 0 Å². The third-order valence-electron chi connectivity index (χ3n) is 6.68. The number of carbonyl (C=O) groups excluding carboxylic acids is 1. The molecule has 2 aromatic carbocycles. The minimum atomic E-state index is -0.00872. The highest BCUT2D eigenvalue weighted by molar-refractivity contribution is 7.21. The number of para-hydroxylation sites is 1. The second kappa shape index (κ2) is 7.20. The summed E-state index contributed by atoms with van der Waals surface area (Å²) in [5.41, 5.74) is 13.1. The molecular formula is C26H23N3OS. The van der Waals surface area contributed by atoms with Crippen molar-refractivity contribution in [3.63, 3.8) is 0 Å². The lowest BCUT2D eigenvalue weighted by Gasteiger charge is -2.24. The summed E-state index contributed by atoms with van der Waals surface area (Å²) in [6.45, 7) is 0.703. The first-order chi connectivity index (χ1) is 15.2. The SMILES string of the molecule is Nc1c(C(=O)N2CCc3ccccc32)sc2nc3c(cc12)CC(c1ccccc1)CC3. The maximum Gasteiger partial charge on any atom is 0.270 e. The number of nitrogens with zero attached hydrogens (tertiary/aromatic N) is 2. The molecule has 6 rings (SSSR count). The van der Waals surface area contributed by atoms with Gasteiger partial charge in [0.1, 0.15) is 9.71 Å². The first-order valence-electron chi connectivity index (χ1n) is 10.8. The highest BCUT2D eigenvalue weighted by Gasteiger charge is 2.29. The number of anilines is 2. The van der Waals surface area contributed by atoms with Crippen molar-refractivity contribution in [2.45, 2.75) is 31.6 Å². The van der Waals surface area contributed by atoms with Crippen molar-refractivity contribution in [2.24, 2.45) is 0 Å². The molecule has 154 valence electrons. The predicted molar refractivity (Wildman–Crippen MR) is 127 cm³/mol. The minimum absolute atomic E-state index is 0.00872. The largest absolute Gasteiger partial charge is 0.397 e. The fraction of sp³-hybridized carbons (Fsp3) is 0.231. The molecule has 2 N–H and O–H groups in total. The number of rotatable bonds is 2. The van der Waals surface area contributed by atoms with Gasteiger partial charge in [-0.15, -0.1) is 11.3 Å². The predicted octanol–water partition coefficient (Wildman–Crippen LogP) is 5.35. The molecule has 1 aliphatic carbocycles. The Hall–Kier alpha value is -3.18. The second-order valence-electron chi connectivity index (χ2n) is 8.48. The molecule has 2 aliphatic rings. The molecule has 1 amide bonds. The number of thiophene rings is 1. The monoisotopic (exact) mass is 425 g/mol. The lowest BCUT2D eigenvalue weighted by Crippen LogP contribution is -2.28. The van der Waals surface area contributed by atoms with E-state index in [0.717, 1.165) is 47.3 Å². The van der Waals surface area contributed by atoms with Crippen LogP contribution in [0, 0.1) is 0 Å². The average molecular weight is 426 g/mol. The Morgan fingerprint density at radius 2 is 1.84 bits per heavy atom. The van der Waals surface area contributed by atoms with Crippen LogP contribution in [-0.4, -0.2) is 17.4 Å². The Labute approximate surface area is 185 Å². The summed E-state index contributed by atoms with van der Waals surface area (Å²) in [7, 11) is 0. The number of amides is 1. The van der Waals surface area contributed by atoms with Gasteiger partial charge < -0.3 is 10.6 Å². The number of hydrogen-bond donors (Lipinski definition) is 1. The molecule has 5 heteroatoms. The van der Waals surface area contributed by atoms with Crippen LogP contribution in [0.4, 0.5) is 11.4 Å². The summed E-state index contributed by atoms with van der Waals surface area (Å²) < 4.78 is 0. The number of fused-ring (bicyclic) bond motifs is 3. The third kappa shape index (κ3) is 3.03. The van der Waals surface area contributed by atoms with Crippen molar-refractivity contribution < 1.29 is 4.79 Å². The van der Waals surface area contributed by atoms with Crippen LogP contribution < -0.4 is 10.6 Å². The van der Waals surface area contributed by atoms with E-state index >= 15 is 0 Å². The molecule has 1 atom stereocenters. The first-order valence-corrected chi connectivity index (χ1v) is 11.7. The quantitative estimate of drug-likeness (QED) is 0.471. The maximum atomic E-state index is 13.4. The molecule has 0 bridgehead atoms. The van der Waals surface area contributed by atoms with E-state index in [0.29, 0.717) is 23.0 Å². The molecule has 1 aliphatic heterocycles. The molecule has 3 heterocycles. The van der Waals surface area contributed by atoms with Gasteiger partial charge in [-0.25, -0.2) is 4.98 Å². The second-order valence-corrected chi connectivity index (χ2v) is 9.48. The van der Waals surface area contributed by atoms with E-state index in [-0.39, 0.29) is 5.91 Å². The molecule has 2 aromatic heterocycles. The van der Waals surface area contributed by atoms with Gasteiger partial charge in [-0.2, -0.15) is 0 Å². The zero-order valence-corrected chi connectivity index (χ0v) is 18.0. The number of pyridine rings is 1. The van der Waals surface area contributed by atoms with Crippen molar-refractivity contribution in [3.8, 4) is 0 Å². The molecule has 4 aromatic rings. The van der Waals surface area contributed by atoms with Crippen LogP contribution in [0.15, 0.2) is 60.7 Å². The number of nitrogens with two attached hydrogens (primary N) is 1. The van der Waals surface area contributed by atoms with E-state index in [1.165, 1.54) is 28.0 Å². The van der Waals surface area contributed by atoms with Crippen LogP contribution in [0.2, 0.25) is 0 Å². The van der Waals surface area contributed by atoms with Gasteiger partial charge in [-0.05, 0) is 60.4 Å². The number of hydrogen-bond acceptors (Lipinski definition) is 4. The van der Waals surface area contributed by atoms with Crippen LogP contribution in [-0.2, 0) is 19.3 Å². The molecule has 0 radical (unpaired) electrons. The standard InChI is InChI=1S/C26H23N3OS/c27-23-20-15-19-14-18(16-6-2-1-3-7-16)10-11-21(19)28-25(20)31-24(23)26(30)29-13-12-17-8-4-5-9-22(17)29/h1-9,15,18H,10-14,27H2. The fourth-order valence-electron chi connectivity index (χ4n) is 5.03. The highest BCUT2D eigenvalue weighted by atomic mass is 32.1. The Morgan fingerprint density at radius 3 is 2.71 bits per heavy atom. The van der Waals surface area contributed by atoms with Crippen molar-refractivity contribution in [1.29, 1.82) is 0 Å². The van der Waals surface area contributed by atoms with Crippen LogP contribution in [0.5, 0.6) is 0 Å². The number of carbonyl (C=O) groups is 1. The van der Waals surface area contributed by atoms with E-state index < -0.39 is 0 Å². The third-order valence-corrected chi connectivity index (χ3v) is 7.79. The molecule has 0 spiro atoms. The molecule has 0 saturated carbocycles. The zero-order chi connectivity index (χ0) is 20.9. The average Bonchev–Trinajstić information content (AvgIpc) is 3.39. The van der Waals surface area contributed by atoms with E-state index in [4.69, 9.17) is 10.7 Å². The topological polar surface area (TPSA) is 59.2 Å². The van der Waals surface area contributed by atoms with Crippen LogP contribution >= 0.6 is 11.3 Å². The first kappa shape index (κ1) is 18.6. The Bertz CT molecular complexity index is 1310. The van der Waals surface area contributed by atoms with Gasteiger partial charge in [0, 0.05) is 23.3 Å². The normalized spacial score (nSPS) is 17.5. The summed E-state index contributed by atoms with van der Waals surface area (Å²) in [5.74, 6) is 0.501. The van der Waals surface area contributed by atoms with Gasteiger partial charge in [0.15, 0.2) is 0 Å². The molecule has 0 saturated heterocycles. The van der Waals surface area contributed by atoms with Gasteiger partial charge in [0.25, 0.3) is 5.91 Å². The zero-order valence-electron chi connectivity index (χ0n) is 17.2. The lowest BCUT2D eigenvalue weighted by molar-refractivity contribution is 0.0994. The number of nitrogen functional groups attached to an aromatic ring is 1. The van der Waals surface area contributed by atoms with Crippen LogP contribution in [0.3, 0.4) is 0 Å². The summed E-state index contributed by atoms with van der Waals surface area (Å²) in [4.78, 5) is 21.7. The maximum absolute atomic E-state index is 13.4. The van der Waals surface area contributed by atoms with Gasteiger partial charge in [0.05, 0.1) is 5.69 Å². The number of aromatic nitrogens is 1. The molecule has 1 unspecified atom stereocenters. The Kier molecular flexibility index (Phi) is 4.32. The fourth-order valence-corrected chi connectivity index (χ4v) is 6.08. The summed E-state index contributed by atoms with van der Waals surface area (Å²) in [6, 6.07) is 21.0. The van der Waals surface area contributed by atoms with Gasteiger partial charge in [-0.3, -0.25) is 4.79 Å².